The number of para-hydroxylation sites is 1. The number of aryl methyl sites for hydroxylation is 1. The zero-order valence-corrected chi connectivity index (χ0v) is 15.8. The van der Waals surface area contributed by atoms with E-state index in [4.69, 9.17) is 9.97 Å². The largest absolute Gasteiger partial charge is 0.355 e. The molecule has 130 valence electrons. The van der Waals surface area contributed by atoms with Gasteiger partial charge in [0.15, 0.2) is 5.82 Å². The molecule has 1 fully saturated rings. The Balaban J connectivity index is 1.71. The summed E-state index contributed by atoms with van der Waals surface area (Å²) in [5.41, 5.74) is 0.917. The fourth-order valence-corrected chi connectivity index (χ4v) is 5.11. The van der Waals surface area contributed by atoms with Crippen molar-refractivity contribution in [2.45, 2.75) is 6.92 Å². The molecule has 0 spiro atoms. The summed E-state index contributed by atoms with van der Waals surface area (Å²) in [6, 6.07) is 12.1. The van der Waals surface area contributed by atoms with E-state index in [0.29, 0.717) is 0 Å². The average Bonchev–Trinajstić information content (AvgIpc) is 2.95. The number of nitrogens with zero attached hydrogens (tertiary/aromatic N) is 3. The first-order valence-corrected chi connectivity index (χ1v) is 11.0. The van der Waals surface area contributed by atoms with Crippen molar-refractivity contribution in [1.29, 1.82) is 0 Å². The van der Waals surface area contributed by atoms with Crippen molar-refractivity contribution in [2.24, 2.45) is 5.92 Å². The summed E-state index contributed by atoms with van der Waals surface area (Å²) >= 11 is 1.68. The van der Waals surface area contributed by atoms with E-state index in [1.807, 2.05) is 24.3 Å². The molecule has 0 atom stereocenters. The van der Waals surface area contributed by atoms with E-state index in [1.165, 1.54) is 11.1 Å². The molecule has 3 heterocycles. The lowest BCUT2D eigenvalue weighted by atomic mass is 10.0. The Morgan fingerprint density at radius 1 is 1.16 bits per heavy atom. The monoisotopic (exact) mass is 373 g/mol. The van der Waals surface area contributed by atoms with Crippen LogP contribution in [-0.2, 0) is 9.84 Å². The first kappa shape index (κ1) is 16.5. The van der Waals surface area contributed by atoms with Gasteiger partial charge in [-0.05, 0) is 31.2 Å². The molecule has 1 aromatic carbocycles. The zero-order chi connectivity index (χ0) is 17.6. The SMILES string of the molecule is Cc1ccc(-c2nc(N3CC(CS(C)(=O)=O)C3)c3ccccc3n2)s1. The van der Waals surface area contributed by atoms with Crippen LogP contribution in [0.5, 0.6) is 0 Å². The Bertz CT molecular complexity index is 1040. The zero-order valence-electron chi connectivity index (χ0n) is 14.1. The molecule has 0 N–H and O–H groups in total. The fourth-order valence-electron chi connectivity index (χ4n) is 3.24. The number of thiophene rings is 1. The summed E-state index contributed by atoms with van der Waals surface area (Å²) in [7, 11) is -2.94. The Hall–Kier alpha value is -1.99. The van der Waals surface area contributed by atoms with Crippen molar-refractivity contribution in [1.82, 2.24) is 9.97 Å². The number of hydrogen-bond donors (Lipinski definition) is 0. The van der Waals surface area contributed by atoms with Crippen molar-refractivity contribution in [2.75, 3.05) is 30.0 Å². The van der Waals surface area contributed by atoms with Gasteiger partial charge in [-0.1, -0.05) is 12.1 Å². The molecule has 0 unspecified atom stereocenters. The molecule has 25 heavy (non-hydrogen) atoms. The number of rotatable bonds is 4. The number of fused-ring (bicyclic) bond motifs is 1. The van der Waals surface area contributed by atoms with Crippen LogP contribution in [-0.4, -0.2) is 43.5 Å². The highest BCUT2D eigenvalue weighted by Crippen LogP contribution is 2.33. The fraction of sp³-hybridized carbons (Fsp3) is 0.333. The molecule has 3 aromatic rings. The third kappa shape index (κ3) is 3.39. The minimum absolute atomic E-state index is 0.177. The highest BCUT2D eigenvalue weighted by Gasteiger charge is 2.31. The van der Waals surface area contributed by atoms with Crippen molar-refractivity contribution in [3.05, 3.63) is 41.3 Å². The lowest BCUT2D eigenvalue weighted by Gasteiger charge is -2.40. The molecular formula is C18H19N3O2S2. The Labute approximate surface area is 151 Å². The van der Waals surface area contributed by atoms with Crippen molar-refractivity contribution < 1.29 is 8.42 Å². The predicted molar refractivity (Wildman–Crippen MR) is 103 cm³/mol. The standard InChI is InChI=1S/C18H19N3O2S2/c1-12-7-8-16(24-12)17-19-15-6-4-3-5-14(15)18(20-17)21-9-13(10-21)11-25(2,22)23/h3-8,13H,9-11H2,1-2H3. The summed E-state index contributed by atoms with van der Waals surface area (Å²) in [6.07, 6.45) is 1.30. The van der Waals surface area contributed by atoms with E-state index >= 15 is 0 Å². The molecule has 0 radical (unpaired) electrons. The molecule has 0 amide bonds. The topological polar surface area (TPSA) is 63.2 Å². The quantitative estimate of drug-likeness (QED) is 0.703. The molecule has 2 aromatic heterocycles. The molecule has 7 heteroatoms. The van der Waals surface area contributed by atoms with Gasteiger partial charge in [0, 0.05) is 35.5 Å². The van der Waals surface area contributed by atoms with Crippen LogP contribution in [0.25, 0.3) is 21.6 Å². The van der Waals surface area contributed by atoms with Crippen molar-refractivity contribution >= 4 is 37.9 Å². The van der Waals surface area contributed by atoms with Gasteiger partial charge in [0.25, 0.3) is 0 Å². The van der Waals surface area contributed by atoms with E-state index < -0.39 is 9.84 Å². The number of hydrogen-bond acceptors (Lipinski definition) is 6. The summed E-state index contributed by atoms with van der Waals surface area (Å²) in [5, 5.41) is 1.01. The maximum atomic E-state index is 11.5. The van der Waals surface area contributed by atoms with Crippen molar-refractivity contribution in [3.63, 3.8) is 0 Å². The number of sulfone groups is 1. The molecule has 4 rings (SSSR count). The maximum Gasteiger partial charge on any atom is 0.172 e. The van der Waals surface area contributed by atoms with Crippen LogP contribution in [0.1, 0.15) is 4.88 Å². The van der Waals surface area contributed by atoms with Gasteiger partial charge in [-0.2, -0.15) is 0 Å². The Morgan fingerprint density at radius 2 is 1.92 bits per heavy atom. The van der Waals surface area contributed by atoms with Crippen LogP contribution < -0.4 is 4.90 Å². The second kappa shape index (κ2) is 6.07. The van der Waals surface area contributed by atoms with Gasteiger partial charge in [-0.3, -0.25) is 0 Å². The van der Waals surface area contributed by atoms with Crippen LogP contribution in [0.2, 0.25) is 0 Å². The van der Waals surface area contributed by atoms with Crippen LogP contribution in [0.3, 0.4) is 0 Å². The molecule has 0 bridgehead atoms. The minimum Gasteiger partial charge on any atom is -0.355 e. The molecule has 1 aliphatic heterocycles. The summed E-state index contributed by atoms with van der Waals surface area (Å²) in [5.74, 6) is 2.05. The molecule has 0 aliphatic carbocycles. The number of benzene rings is 1. The first-order valence-electron chi connectivity index (χ1n) is 8.15. The van der Waals surface area contributed by atoms with Crippen LogP contribution in [0.4, 0.5) is 5.82 Å². The second-order valence-corrected chi connectivity index (χ2v) is 10.1. The first-order chi connectivity index (χ1) is 11.9. The van der Waals surface area contributed by atoms with E-state index in [1.54, 1.807) is 11.3 Å². The number of aromatic nitrogens is 2. The molecular weight excluding hydrogens is 354 g/mol. The summed E-state index contributed by atoms with van der Waals surface area (Å²) < 4.78 is 23.0. The van der Waals surface area contributed by atoms with Gasteiger partial charge in [-0.25, -0.2) is 18.4 Å². The lowest BCUT2D eigenvalue weighted by molar-refractivity contribution is 0.442. The van der Waals surface area contributed by atoms with Gasteiger partial charge in [0.2, 0.25) is 0 Å². The second-order valence-electron chi connectivity index (χ2n) is 6.66. The maximum absolute atomic E-state index is 11.5. The van der Waals surface area contributed by atoms with Gasteiger partial charge in [0.05, 0.1) is 16.1 Å². The third-order valence-electron chi connectivity index (χ3n) is 4.34. The van der Waals surface area contributed by atoms with E-state index in [0.717, 1.165) is 40.5 Å². The van der Waals surface area contributed by atoms with Gasteiger partial charge >= 0.3 is 0 Å². The predicted octanol–water partition coefficient (Wildman–Crippen LogP) is 3.15. The molecule has 1 aliphatic rings. The van der Waals surface area contributed by atoms with Crippen LogP contribution >= 0.6 is 11.3 Å². The summed E-state index contributed by atoms with van der Waals surface area (Å²) in [4.78, 5) is 14.0. The number of anilines is 1. The molecule has 1 saturated heterocycles. The normalized spacial score (nSPS) is 15.5. The van der Waals surface area contributed by atoms with E-state index in [-0.39, 0.29) is 11.7 Å². The third-order valence-corrected chi connectivity index (χ3v) is 6.41. The van der Waals surface area contributed by atoms with Crippen LogP contribution in [0, 0.1) is 12.8 Å². The highest BCUT2D eigenvalue weighted by atomic mass is 32.2. The average molecular weight is 374 g/mol. The molecule has 0 saturated carbocycles. The van der Waals surface area contributed by atoms with Crippen molar-refractivity contribution in [3.8, 4) is 10.7 Å². The van der Waals surface area contributed by atoms with E-state index in [9.17, 15) is 8.42 Å². The van der Waals surface area contributed by atoms with Gasteiger partial charge in [0.1, 0.15) is 15.7 Å². The highest BCUT2D eigenvalue weighted by molar-refractivity contribution is 7.90. The Kier molecular flexibility index (Phi) is 4.00. The Morgan fingerprint density at radius 3 is 2.60 bits per heavy atom. The van der Waals surface area contributed by atoms with E-state index in [2.05, 4.69) is 24.0 Å². The minimum atomic E-state index is -2.94. The van der Waals surface area contributed by atoms with Gasteiger partial charge < -0.3 is 4.90 Å². The molecule has 5 nitrogen and oxygen atoms in total. The summed E-state index contributed by atoms with van der Waals surface area (Å²) in [6.45, 7) is 3.51. The van der Waals surface area contributed by atoms with Gasteiger partial charge in [-0.15, -0.1) is 11.3 Å². The van der Waals surface area contributed by atoms with Crippen LogP contribution in [0.15, 0.2) is 36.4 Å². The lowest BCUT2D eigenvalue weighted by Crippen LogP contribution is -2.50. The smallest absolute Gasteiger partial charge is 0.172 e.